The molecule has 2 saturated heterocycles. The zero-order valence-electron chi connectivity index (χ0n) is 15.4. The van der Waals surface area contributed by atoms with Crippen LogP contribution < -0.4 is 0 Å². The van der Waals surface area contributed by atoms with E-state index in [-0.39, 0.29) is 6.09 Å². The van der Waals surface area contributed by atoms with Crippen molar-refractivity contribution >= 4 is 16.1 Å². The van der Waals surface area contributed by atoms with Crippen LogP contribution in [0.25, 0.3) is 0 Å². The van der Waals surface area contributed by atoms with Gasteiger partial charge in [0, 0.05) is 26.2 Å². The fraction of sp³-hybridized carbons (Fsp3) is 0.938. The van der Waals surface area contributed by atoms with Gasteiger partial charge in [0.05, 0.1) is 17.5 Å². The highest BCUT2D eigenvalue weighted by molar-refractivity contribution is 7.89. The zero-order chi connectivity index (χ0) is 18.2. The van der Waals surface area contributed by atoms with Crippen molar-refractivity contribution in [3.8, 4) is 0 Å². The van der Waals surface area contributed by atoms with Crippen molar-refractivity contribution in [3.63, 3.8) is 0 Å². The van der Waals surface area contributed by atoms with Gasteiger partial charge in [-0.2, -0.15) is 4.31 Å². The fourth-order valence-corrected chi connectivity index (χ4v) is 4.39. The van der Waals surface area contributed by atoms with Crippen LogP contribution in [-0.2, 0) is 19.5 Å². The molecule has 0 radical (unpaired) electrons. The molecule has 0 atom stereocenters. The van der Waals surface area contributed by atoms with E-state index in [4.69, 9.17) is 9.47 Å². The Balaban J connectivity index is 1.98. The van der Waals surface area contributed by atoms with E-state index in [9.17, 15) is 13.2 Å². The van der Waals surface area contributed by atoms with Crippen molar-refractivity contribution in [2.24, 2.45) is 0 Å². The van der Waals surface area contributed by atoms with Gasteiger partial charge in [0.25, 0.3) is 0 Å². The van der Waals surface area contributed by atoms with Crippen LogP contribution in [0.3, 0.4) is 0 Å². The molecule has 0 bridgehead atoms. The second-order valence-corrected chi connectivity index (χ2v) is 10.4. The molecule has 0 unspecified atom stereocenters. The highest BCUT2D eigenvalue weighted by atomic mass is 32.2. The molecule has 0 aromatic heterocycles. The summed E-state index contributed by atoms with van der Waals surface area (Å²) in [4.78, 5) is 13.8. The minimum Gasteiger partial charge on any atom is -0.444 e. The van der Waals surface area contributed by atoms with E-state index >= 15 is 0 Å². The van der Waals surface area contributed by atoms with Crippen LogP contribution in [0.15, 0.2) is 0 Å². The minimum absolute atomic E-state index is 0.320. The van der Waals surface area contributed by atoms with E-state index in [2.05, 4.69) is 0 Å². The quantitative estimate of drug-likeness (QED) is 0.749. The molecule has 24 heavy (non-hydrogen) atoms. The van der Waals surface area contributed by atoms with Gasteiger partial charge in [0.1, 0.15) is 5.60 Å². The second kappa shape index (κ2) is 6.80. The maximum atomic E-state index is 12.4. The Hall–Kier alpha value is -0.860. The van der Waals surface area contributed by atoms with Crippen molar-refractivity contribution in [1.29, 1.82) is 0 Å². The van der Waals surface area contributed by atoms with Gasteiger partial charge in [0.2, 0.25) is 10.0 Å². The maximum absolute atomic E-state index is 12.4. The molecule has 2 aliphatic heterocycles. The molecule has 0 aromatic carbocycles. The Morgan fingerprint density at radius 2 is 1.75 bits per heavy atom. The third-order valence-corrected chi connectivity index (χ3v) is 6.72. The number of sulfonamides is 1. The summed E-state index contributed by atoms with van der Waals surface area (Å²) in [7, 11) is -3.28. The number of ether oxygens (including phenoxy) is 2. The molecule has 1 spiro atoms. The highest BCUT2D eigenvalue weighted by Crippen LogP contribution is 2.32. The average molecular weight is 362 g/mol. The molecule has 2 fully saturated rings. The Bertz CT molecular complexity index is 560. The summed E-state index contributed by atoms with van der Waals surface area (Å²) in [5.41, 5.74) is -1.01. The Morgan fingerprint density at radius 3 is 2.25 bits per heavy atom. The predicted octanol–water partition coefficient (Wildman–Crippen LogP) is 1.83. The van der Waals surface area contributed by atoms with Crippen molar-refractivity contribution in [2.45, 2.75) is 63.9 Å². The first-order valence-corrected chi connectivity index (χ1v) is 10.1. The lowest BCUT2D eigenvalue weighted by Gasteiger charge is -2.47. The molecule has 0 aromatic rings. The first-order chi connectivity index (χ1) is 11.0. The first kappa shape index (κ1) is 19.5. The van der Waals surface area contributed by atoms with Gasteiger partial charge in [-0.1, -0.05) is 0 Å². The van der Waals surface area contributed by atoms with E-state index in [0.29, 0.717) is 45.6 Å². The zero-order valence-corrected chi connectivity index (χ0v) is 16.2. The standard InChI is InChI=1S/C16H30N2O5S/c1-13(2)24(20,21)18-10-11-22-16(12-18)6-8-17(9-7-16)14(19)23-15(3,4)5/h13H,6-12H2,1-5H3. The smallest absolute Gasteiger partial charge is 0.410 e. The van der Waals surface area contributed by atoms with E-state index in [0.717, 1.165) is 0 Å². The summed E-state index contributed by atoms with van der Waals surface area (Å²) in [6, 6.07) is 0. The van der Waals surface area contributed by atoms with Gasteiger partial charge in [-0.3, -0.25) is 0 Å². The van der Waals surface area contributed by atoms with Crippen LogP contribution in [0, 0.1) is 0 Å². The fourth-order valence-electron chi connectivity index (χ4n) is 3.05. The van der Waals surface area contributed by atoms with Gasteiger partial charge in [-0.15, -0.1) is 0 Å². The number of amides is 1. The molecule has 8 heteroatoms. The molecule has 140 valence electrons. The molecule has 2 aliphatic rings. The molecule has 7 nitrogen and oxygen atoms in total. The van der Waals surface area contributed by atoms with Crippen LogP contribution in [0.4, 0.5) is 4.79 Å². The minimum atomic E-state index is -3.28. The van der Waals surface area contributed by atoms with Crippen LogP contribution in [-0.4, -0.2) is 73.0 Å². The number of hydrogen-bond acceptors (Lipinski definition) is 5. The lowest BCUT2D eigenvalue weighted by Crippen LogP contribution is -2.59. The molecule has 0 saturated carbocycles. The predicted molar refractivity (Wildman–Crippen MR) is 91.4 cm³/mol. The molecular formula is C16H30N2O5S. The summed E-state index contributed by atoms with van der Waals surface area (Å²) in [5.74, 6) is 0. The summed E-state index contributed by atoms with van der Waals surface area (Å²) in [5, 5.41) is -0.436. The van der Waals surface area contributed by atoms with E-state index in [1.807, 2.05) is 20.8 Å². The molecule has 0 aliphatic carbocycles. The Morgan fingerprint density at radius 1 is 1.17 bits per heavy atom. The maximum Gasteiger partial charge on any atom is 0.410 e. The Kier molecular flexibility index (Phi) is 5.52. The van der Waals surface area contributed by atoms with E-state index in [1.165, 1.54) is 0 Å². The van der Waals surface area contributed by atoms with Gasteiger partial charge < -0.3 is 14.4 Å². The number of carbonyl (C=O) groups is 1. The molecule has 1 amide bonds. The van der Waals surface area contributed by atoms with E-state index in [1.54, 1.807) is 23.1 Å². The number of hydrogen-bond donors (Lipinski definition) is 0. The number of likely N-dealkylation sites (tertiary alicyclic amines) is 1. The normalized spacial score (nSPS) is 22.8. The molecular weight excluding hydrogens is 332 g/mol. The van der Waals surface area contributed by atoms with Gasteiger partial charge in [-0.25, -0.2) is 13.2 Å². The summed E-state index contributed by atoms with van der Waals surface area (Å²) < 4.78 is 37.8. The SMILES string of the molecule is CC(C)S(=O)(=O)N1CCOC2(CCN(C(=O)OC(C)(C)C)CC2)C1. The van der Waals surface area contributed by atoms with Crippen molar-refractivity contribution in [2.75, 3.05) is 32.8 Å². The van der Waals surface area contributed by atoms with Crippen LogP contribution in [0.1, 0.15) is 47.5 Å². The topological polar surface area (TPSA) is 76.2 Å². The third-order valence-electron chi connectivity index (χ3n) is 4.50. The number of piperidine rings is 1. The number of nitrogens with zero attached hydrogens (tertiary/aromatic N) is 2. The lowest BCUT2D eigenvalue weighted by molar-refractivity contribution is -0.118. The van der Waals surface area contributed by atoms with Crippen LogP contribution >= 0.6 is 0 Å². The lowest BCUT2D eigenvalue weighted by atomic mass is 9.90. The second-order valence-electron chi connectivity index (χ2n) is 7.93. The third kappa shape index (κ3) is 4.40. The molecule has 2 heterocycles. The molecule has 2 rings (SSSR count). The highest BCUT2D eigenvalue weighted by Gasteiger charge is 2.44. The van der Waals surface area contributed by atoms with Gasteiger partial charge in [0.15, 0.2) is 0 Å². The summed E-state index contributed by atoms with van der Waals surface area (Å²) >= 11 is 0. The number of morpholine rings is 1. The monoisotopic (exact) mass is 362 g/mol. The number of rotatable bonds is 2. The van der Waals surface area contributed by atoms with Gasteiger partial charge >= 0.3 is 6.09 Å². The van der Waals surface area contributed by atoms with Crippen molar-refractivity contribution in [1.82, 2.24) is 9.21 Å². The largest absolute Gasteiger partial charge is 0.444 e. The van der Waals surface area contributed by atoms with E-state index < -0.39 is 26.5 Å². The number of carbonyl (C=O) groups excluding carboxylic acids is 1. The van der Waals surface area contributed by atoms with Crippen molar-refractivity contribution < 1.29 is 22.7 Å². The molecule has 0 N–H and O–H groups in total. The first-order valence-electron chi connectivity index (χ1n) is 8.56. The average Bonchev–Trinajstić information content (AvgIpc) is 2.46. The summed E-state index contributed by atoms with van der Waals surface area (Å²) in [6.45, 7) is 11.1. The van der Waals surface area contributed by atoms with Gasteiger partial charge in [-0.05, 0) is 47.5 Å². The summed E-state index contributed by atoms with van der Waals surface area (Å²) in [6.07, 6.45) is 0.923. The Labute approximate surface area is 145 Å². The van der Waals surface area contributed by atoms with Crippen LogP contribution in [0.5, 0.6) is 0 Å². The van der Waals surface area contributed by atoms with Crippen LogP contribution in [0.2, 0.25) is 0 Å². The van der Waals surface area contributed by atoms with Crippen molar-refractivity contribution in [3.05, 3.63) is 0 Å².